The van der Waals surface area contributed by atoms with Gasteiger partial charge in [-0.2, -0.15) is 4.31 Å². The van der Waals surface area contributed by atoms with E-state index in [-0.39, 0.29) is 11.4 Å². The molecule has 0 aliphatic carbocycles. The van der Waals surface area contributed by atoms with Gasteiger partial charge in [-0.05, 0) is 19.0 Å². The summed E-state index contributed by atoms with van der Waals surface area (Å²) in [4.78, 5) is 7.40. The lowest BCUT2D eigenvalue weighted by molar-refractivity contribution is 0.463. The van der Waals surface area contributed by atoms with Crippen molar-refractivity contribution in [3.8, 4) is 0 Å². The van der Waals surface area contributed by atoms with Gasteiger partial charge in [-0.15, -0.1) is 11.3 Å². The van der Waals surface area contributed by atoms with Crippen molar-refractivity contribution in [2.75, 3.05) is 13.6 Å². The number of thiazole rings is 1. The summed E-state index contributed by atoms with van der Waals surface area (Å²) in [7, 11) is -1.92. The zero-order valence-corrected chi connectivity index (χ0v) is 13.8. The van der Waals surface area contributed by atoms with Gasteiger partial charge in [0.15, 0.2) is 0 Å². The first-order valence-electron chi connectivity index (χ1n) is 6.75. The number of hydrogen-bond donors (Lipinski definition) is 2. The van der Waals surface area contributed by atoms with E-state index in [1.165, 1.54) is 21.8 Å². The minimum absolute atomic E-state index is 0.278. The van der Waals surface area contributed by atoms with Gasteiger partial charge in [0, 0.05) is 30.9 Å². The van der Waals surface area contributed by atoms with Crippen molar-refractivity contribution in [3.05, 3.63) is 34.5 Å². The van der Waals surface area contributed by atoms with Crippen LogP contribution in [0.5, 0.6) is 0 Å². The summed E-state index contributed by atoms with van der Waals surface area (Å²) in [5, 5.41) is 5.08. The minimum atomic E-state index is -3.49. The third-order valence-electron chi connectivity index (χ3n) is 3.03. The molecule has 2 aromatic heterocycles. The van der Waals surface area contributed by atoms with Gasteiger partial charge in [0.2, 0.25) is 10.0 Å². The molecule has 2 aromatic rings. The maximum Gasteiger partial charge on any atom is 0.244 e. The minimum Gasteiger partial charge on any atom is -0.363 e. The molecule has 0 unspecified atom stereocenters. The number of sulfonamides is 1. The fourth-order valence-electron chi connectivity index (χ4n) is 1.88. The third-order valence-corrected chi connectivity index (χ3v) is 5.45. The lowest BCUT2D eigenvalue weighted by atomic mass is 10.4. The van der Waals surface area contributed by atoms with Crippen LogP contribution in [-0.2, 0) is 23.1 Å². The molecule has 0 aromatic carbocycles. The molecule has 0 fully saturated rings. The maximum absolute atomic E-state index is 12.5. The second-order valence-corrected chi connectivity index (χ2v) is 7.54. The van der Waals surface area contributed by atoms with Crippen LogP contribution in [0.15, 0.2) is 28.0 Å². The highest BCUT2D eigenvalue weighted by Gasteiger charge is 2.22. The van der Waals surface area contributed by atoms with Crippen molar-refractivity contribution >= 4 is 21.4 Å². The fraction of sp³-hybridized carbons (Fsp3) is 0.462. The topological polar surface area (TPSA) is 78.1 Å². The van der Waals surface area contributed by atoms with Gasteiger partial charge >= 0.3 is 0 Å². The molecule has 0 saturated carbocycles. The Bertz CT molecular complexity index is 650. The van der Waals surface area contributed by atoms with E-state index in [1.54, 1.807) is 18.6 Å². The van der Waals surface area contributed by atoms with Crippen LogP contribution >= 0.6 is 11.3 Å². The number of nitrogens with one attached hydrogen (secondary N) is 2. The van der Waals surface area contributed by atoms with Gasteiger partial charge in [-0.3, -0.25) is 0 Å². The number of nitrogens with zero attached hydrogens (tertiary/aromatic N) is 2. The van der Waals surface area contributed by atoms with E-state index in [9.17, 15) is 8.42 Å². The third kappa shape index (κ3) is 4.13. The molecule has 116 valence electrons. The first kappa shape index (κ1) is 16.2. The average molecular weight is 328 g/mol. The molecule has 2 heterocycles. The lowest BCUT2D eigenvalue weighted by Gasteiger charge is -2.14. The van der Waals surface area contributed by atoms with E-state index in [0.29, 0.717) is 6.54 Å². The van der Waals surface area contributed by atoms with Gasteiger partial charge in [-0.1, -0.05) is 6.92 Å². The van der Waals surface area contributed by atoms with Crippen molar-refractivity contribution in [2.45, 2.75) is 31.3 Å². The summed E-state index contributed by atoms with van der Waals surface area (Å²) in [5.41, 5.74) is 3.32. The van der Waals surface area contributed by atoms with E-state index in [2.05, 4.69) is 22.2 Å². The van der Waals surface area contributed by atoms with Crippen molar-refractivity contribution in [1.82, 2.24) is 19.6 Å². The van der Waals surface area contributed by atoms with Gasteiger partial charge in [-0.25, -0.2) is 13.4 Å². The van der Waals surface area contributed by atoms with Gasteiger partial charge < -0.3 is 10.3 Å². The largest absolute Gasteiger partial charge is 0.363 e. The molecule has 0 atom stereocenters. The smallest absolute Gasteiger partial charge is 0.244 e. The predicted molar refractivity (Wildman–Crippen MR) is 83.6 cm³/mol. The predicted octanol–water partition coefficient (Wildman–Crippen LogP) is 1.79. The number of rotatable bonds is 8. The first-order chi connectivity index (χ1) is 10.0. The van der Waals surface area contributed by atoms with E-state index in [0.717, 1.165) is 24.4 Å². The molecule has 0 aliphatic heterocycles. The summed E-state index contributed by atoms with van der Waals surface area (Å²) in [6, 6.07) is 1.68. The van der Waals surface area contributed by atoms with Crippen LogP contribution in [-0.4, -0.2) is 36.3 Å². The second kappa shape index (κ2) is 7.17. The highest BCUT2D eigenvalue weighted by atomic mass is 32.2. The Labute approximate surface area is 129 Å². The number of H-pyrrole nitrogens is 1. The summed E-state index contributed by atoms with van der Waals surface area (Å²) < 4.78 is 26.2. The molecule has 0 spiro atoms. The Balaban J connectivity index is 2.04. The monoisotopic (exact) mass is 328 g/mol. The fourth-order valence-corrected chi connectivity index (χ4v) is 3.59. The summed E-state index contributed by atoms with van der Waals surface area (Å²) >= 11 is 1.46. The van der Waals surface area contributed by atoms with E-state index in [1.807, 2.05) is 5.38 Å². The van der Waals surface area contributed by atoms with Crippen LogP contribution in [0, 0.1) is 0 Å². The second-order valence-electron chi connectivity index (χ2n) is 4.78. The van der Waals surface area contributed by atoms with Crippen LogP contribution in [0.25, 0.3) is 0 Å². The molecule has 6 nitrogen and oxygen atoms in total. The molecule has 0 amide bonds. The standard InChI is InChI=1S/C13H20N4O2S2/c1-3-4-14-6-11-5-13(7-15-11)21(18,19)17(2)8-12-9-20-10-16-12/h5,7,9-10,14-15H,3-4,6,8H2,1-2H3. The van der Waals surface area contributed by atoms with Crippen LogP contribution < -0.4 is 5.32 Å². The Morgan fingerprint density at radius 1 is 1.48 bits per heavy atom. The van der Waals surface area contributed by atoms with Gasteiger partial charge in [0.25, 0.3) is 0 Å². The van der Waals surface area contributed by atoms with Gasteiger partial charge in [0.1, 0.15) is 0 Å². The Morgan fingerprint density at radius 3 is 2.95 bits per heavy atom. The normalized spacial score (nSPS) is 12.1. The average Bonchev–Trinajstić information content (AvgIpc) is 3.10. The maximum atomic E-state index is 12.5. The molecular weight excluding hydrogens is 308 g/mol. The summed E-state index contributed by atoms with van der Waals surface area (Å²) in [6.07, 6.45) is 2.58. The van der Waals surface area contributed by atoms with E-state index in [4.69, 9.17) is 0 Å². The van der Waals surface area contributed by atoms with E-state index >= 15 is 0 Å². The van der Waals surface area contributed by atoms with Crippen molar-refractivity contribution in [3.63, 3.8) is 0 Å². The summed E-state index contributed by atoms with van der Waals surface area (Å²) in [6.45, 7) is 3.91. The molecule has 2 rings (SSSR count). The highest BCUT2D eigenvalue weighted by Crippen LogP contribution is 2.17. The molecule has 21 heavy (non-hydrogen) atoms. The number of hydrogen-bond acceptors (Lipinski definition) is 5. The molecule has 8 heteroatoms. The number of aromatic amines is 1. The first-order valence-corrected chi connectivity index (χ1v) is 9.13. The van der Waals surface area contributed by atoms with Gasteiger partial charge in [0.05, 0.1) is 22.6 Å². The van der Waals surface area contributed by atoms with Crippen LogP contribution in [0.4, 0.5) is 0 Å². The quantitative estimate of drug-likeness (QED) is 0.724. The lowest BCUT2D eigenvalue weighted by Crippen LogP contribution is -2.26. The molecule has 0 saturated heterocycles. The molecular formula is C13H20N4O2S2. The van der Waals surface area contributed by atoms with Crippen LogP contribution in [0.1, 0.15) is 24.7 Å². The molecule has 0 aliphatic rings. The summed E-state index contributed by atoms with van der Waals surface area (Å²) in [5.74, 6) is 0. The molecule has 2 N–H and O–H groups in total. The van der Waals surface area contributed by atoms with Crippen LogP contribution in [0.2, 0.25) is 0 Å². The number of aromatic nitrogens is 2. The Kier molecular flexibility index (Phi) is 5.51. The van der Waals surface area contributed by atoms with Crippen molar-refractivity contribution in [1.29, 1.82) is 0 Å². The Morgan fingerprint density at radius 2 is 2.29 bits per heavy atom. The van der Waals surface area contributed by atoms with Crippen molar-refractivity contribution < 1.29 is 8.42 Å². The SMILES string of the molecule is CCCNCc1cc(S(=O)(=O)N(C)Cc2cscn2)c[nH]1. The van der Waals surface area contributed by atoms with E-state index < -0.39 is 10.0 Å². The Hall–Kier alpha value is -1.22. The van der Waals surface area contributed by atoms with Crippen molar-refractivity contribution in [2.24, 2.45) is 0 Å². The molecule has 0 radical (unpaired) electrons. The van der Waals surface area contributed by atoms with Crippen LogP contribution in [0.3, 0.4) is 0 Å². The zero-order valence-electron chi connectivity index (χ0n) is 12.2. The highest BCUT2D eigenvalue weighted by molar-refractivity contribution is 7.89. The molecule has 0 bridgehead atoms. The zero-order chi connectivity index (χ0) is 15.3.